The van der Waals surface area contributed by atoms with Crippen LogP contribution in [-0.2, 0) is 10.0 Å². The third-order valence-corrected chi connectivity index (χ3v) is 6.28. The quantitative estimate of drug-likeness (QED) is 0.751. The summed E-state index contributed by atoms with van der Waals surface area (Å²) >= 11 is 0. The second-order valence-corrected chi connectivity index (χ2v) is 8.70. The van der Waals surface area contributed by atoms with E-state index in [1.54, 1.807) is 18.3 Å². The molecule has 0 bridgehead atoms. The van der Waals surface area contributed by atoms with E-state index in [-0.39, 0.29) is 0 Å². The molecule has 1 aliphatic rings. The average molecular weight is 382 g/mol. The molecule has 1 N–H and O–H groups in total. The van der Waals surface area contributed by atoms with Crippen LogP contribution in [0.5, 0.6) is 0 Å². The first-order valence-electron chi connectivity index (χ1n) is 8.78. The maximum atomic E-state index is 12.7. The molecule has 0 fully saturated rings. The number of aromatic nitrogens is 1. The van der Waals surface area contributed by atoms with E-state index in [2.05, 4.69) is 32.6 Å². The molecule has 6 nitrogen and oxygen atoms in total. The minimum atomic E-state index is -3.61. The summed E-state index contributed by atoms with van der Waals surface area (Å²) in [6, 6.07) is 13.0. The minimum Gasteiger partial charge on any atom is -0.373 e. The third-order valence-electron chi connectivity index (χ3n) is 4.87. The summed E-state index contributed by atoms with van der Waals surface area (Å²) in [6.07, 6.45) is 1.70. The molecule has 1 aromatic heterocycles. The third kappa shape index (κ3) is 3.02. The zero-order valence-electron chi connectivity index (χ0n) is 15.6. The Bertz CT molecular complexity index is 1130. The number of fused-ring (bicyclic) bond motifs is 5. The molecule has 2 aromatic carbocycles. The summed E-state index contributed by atoms with van der Waals surface area (Å²) in [5.74, 6) is 0. The van der Waals surface area contributed by atoms with Crippen LogP contribution in [0.3, 0.4) is 0 Å². The predicted molar refractivity (Wildman–Crippen MR) is 110 cm³/mol. The largest absolute Gasteiger partial charge is 0.373 e. The summed E-state index contributed by atoms with van der Waals surface area (Å²) in [5.41, 5.74) is 3.82. The minimum absolute atomic E-state index is 0.301. The van der Waals surface area contributed by atoms with Crippen LogP contribution in [0.1, 0.15) is 0 Å². The fourth-order valence-corrected chi connectivity index (χ4v) is 4.75. The zero-order valence-corrected chi connectivity index (χ0v) is 16.4. The van der Waals surface area contributed by atoms with Gasteiger partial charge in [-0.05, 0) is 38.4 Å². The molecule has 140 valence electrons. The van der Waals surface area contributed by atoms with Crippen molar-refractivity contribution in [1.82, 2.24) is 9.88 Å². The fraction of sp³-hybridized carbons (Fsp3) is 0.250. The molecule has 0 aliphatic carbocycles. The van der Waals surface area contributed by atoms with Gasteiger partial charge in [0, 0.05) is 48.5 Å². The molecule has 27 heavy (non-hydrogen) atoms. The number of anilines is 2. The van der Waals surface area contributed by atoms with Crippen LogP contribution < -0.4 is 9.62 Å². The van der Waals surface area contributed by atoms with Gasteiger partial charge in [-0.2, -0.15) is 0 Å². The van der Waals surface area contributed by atoms with E-state index in [9.17, 15) is 8.42 Å². The average Bonchev–Trinajstić information content (AvgIpc) is 2.65. The van der Waals surface area contributed by atoms with Crippen LogP contribution in [0.25, 0.3) is 22.0 Å². The maximum Gasteiger partial charge on any atom is 0.262 e. The Kier molecular flexibility index (Phi) is 4.28. The molecule has 0 atom stereocenters. The molecule has 0 radical (unpaired) electrons. The molecular formula is C20H22N4O2S. The first-order chi connectivity index (χ1) is 12.9. The highest BCUT2D eigenvalue weighted by molar-refractivity contribution is 7.93. The predicted octanol–water partition coefficient (Wildman–Crippen LogP) is 3.01. The number of benzene rings is 2. The lowest BCUT2D eigenvalue weighted by Gasteiger charge is -2.28. The number of nitrogens with one attached hydrogen (secondary N) is 1. The van der Waals surface area contributed by atoms with Crippen molar-refractivity contribution in [3.63, 3.8) is 0 Å². The van der Waals surface area contributed by atoms with Gasteiger partial charge in [0.1, 0.15) is 0 Å². The monoisotopic (exact) mass is 382 g/mol. The highest BCUT2D eigenvalue weighted by Crippen LogP contribution is 2.45. The van der Waals surface area contributed by atoms with Crippen LogP contribution in [0.2, 0.25) is 0 Å². The van der Waals surface area contributed by atoms with Gasteiger partial charge in [0.25, 0.3) is 10.0 Å². The van der Waals surface area contributed by atoms with E-state index < -0.39 is 10.0 Å². The lowest BCUT2D eigenvalue weighted by atomic mass is 9.99. The molecule has 1 aliphatic heterocycles. The Morgan fingerprint density at radius 3 is 2.56 bits per heavy atom. The van der Waals surface area contributed by atoms with Crippen molar-refractivity contribution in [1.29, 1.82) is 0 Å². The van der Waals surface area contributed by atoms with E-state index in [1.807, 2.05) is 38.4 Å². The van der Waals surface area contributed by atoms with Crippen molar-refractivity contribution in [2.75, 3.05) is 43.9 Å². The molecule has 7 heteroatoms. The number of sulfonamides is 1. The Labute approximate surface area is 159 Å². The van der Waals surface area contributed by atoms with Crippen LogP contribution in [0.4, 0.5) is 11.4 Å². The van der Waals surface area contributed by atoms with Crippen molar-refractivity contribution in [3.8, 4) is 11.1 Å². The standard InChI is InChI=1S/C20H22N4O2S/c1-23(2)11-12-24(3)17-13-16-14-7-4-5-9-18(14)27(25,26)22-20(16)19-15(17)8-6-10-21-19/h4-10,13,22H,11-12H2,1-3H3. The highest BCUT2D eigenvalue weighted by atomic mass is 32.2. The second kappa shape index (κ2) is 6.51. The lowest BCUT2D eigenvalue weighted by Crippen LogP contribution is -2.29. The van der Waals surface area contributed by atoms with Crippen molar-refractivity contribution < 1.29 is 8.42 Å². The zero-order chi connectivity index (χ0) is 19.2. The topological polar surface area (TPSA) is 65.5 Å². The number of hydrogen-bond donors (Lipinski definition) is 1. The summed E-state index contributed by atoms with van der Waals surface area (Å²) in [5, 5.41) is 0.930. The van der Waals surface area contributed by atoms with Gasteiger partial charge in [0.05, 0.1) is 16.1 Å². The van der Waals surface area contributed by atoms with Crippen molar-refractivity contribution >= 4 is 32.3 Å². The normalized spacial score (nSPS) is 14.5. The van der Waals surface area contributed by atoms with Gasteiger partial charge in [-0.3, -0.25) is 9.71 Å². The van der Waals surface area contributed by atoms with E-state index in [0.29, 0.717) is 21.7 Å². The molecule has 4 rings (SSSR count). The van der Waals surface area contributed by atoms with Gasteiger partial charge < -0.3 is 9.80 Å². The molecule has 0 unspecified atom stereocenters. The Balaban J connectivity index is 1.98. The van der Waals surface area contributed by atoms with Crippen LogP contribution in [-0.4, -0.2) is 52.5 Å². The molecule has 0 saturated heterocycles. The first kappa shape index (κ1) is 17.8. The fourth-order valence-electron chi connectivity index (χ4n) is 3.44. The number of likely N-dealkylation sites (N-methyl/N-ethyl adjacent to an activating group) is 2. The lowest BCUT2D eigenvalue weighted by molar-refractivity contribution is 0.416. The highest BCUT2D eigenvalue weighted by Gasteiger charge is 2.30. The summed E-state index contributed by atoms with van der Waals surface area (Å²) in [6.45, 7) is 1.77. The number of rotatable bonds is 4. The van der Waals surface area contributed by atoms with Gasteiger partial charge in [-0.15, -0.1) is 0 Å². The van der Waals surface area contributed by atoms with E-state index >= 15 is 0 Å². The molecule has 2 heterocycles. The number of hydrogen-bond acceptors (Lipinski definition) is 5. The first-order valence-corrected chi connectivity index (χ1v) is 10.3. The van der Waals surface area contributed by atoms with Crippen LogP contribution in [0, 0.1) is 0 Å². The molecule has 0 amide bonds. The second-order valence-electron chi connectivity index (χ2n) is 7.04. The molecule has 0 spiro atoms. The van der Waals surface area contributed by atoms with Gasteiger partial charge in [0.2, 0.25) is 0 Å². The van der Waals surface area contributed by atoms with Crippen molar-refractivity contribution in [2.24, 2.45) is 0 Å². The van der Waals surface area contributed by atoms with Gasteiger partial charge >= 0.3 is 0 Å². The van der Waals surface area contributed by atoms with Crippen molar-refractivity contribution in [2.45, 2.75) is 4.90 Å². The maximum absolute atomic E-state index is 12.7. The van der Waals surface area contributed by atoms with E-state index in [0.717, 1.165) is 29.7 Å². The Hall–Kier alpha value is -2.64. The van der Waals surface area contributed by atoms with Gasteiger partial charge in [-0.25, -0.2) is 8.42 Å². The van der Waals surface area contributed by atoms with Crippen LogP contribution >= 0.6 is 0 Å². The van der Waals surface area contributed by atoms with E-state index in [4.69, 9.17) is 0 Å². The van der Waals surface area contributed by atoms with Crippen molar-refractivity contribution in [3.05, 3.63) is 48.7 Å². The smallest absolute Gasteiger partial charge is 0.262 e. The van der Waals surface area contributed by atoms with Gasteiger partial charge in [-0.1, -0.05) is 18.2 Å². The SMILES string of the molecule is CN(C)CCN(C)c1cc2c(c3ncccc13)NS(=O)(=O)c1ccccc1-2. The van der Waals surface area contributed by atoms with Crippen LogP contribution in [0.15, 0.2) is 53.6 Å². The summed E-state index contributed by atoms with van der Waals surface area (Å²) in [4.78, 5) is 9.14. The summed E-state index contributed by atoms with van der Waals surface area (Å²) < 4.78 is 28.2. The Morgan fingerprint density at radius 2 is 1.78 bits per heavy atom. The number of nitrogens with zero attached hydrogens (tertiary/aromatic N) is 3. The van der Waals surface area contributed by atoms with E-state index in [1.165, 1.54) is 0 Å². The summed E-state index contributed by atoms with van der Waals surface area (Å²) in [7, 11) is 2.53. The van der Waals surface area contributed by atoms with Gasteiger partial charge in [0.15, 0.2) is 0 Å². The number of pyridine rings is 1. The molecule has 0 saturated carbocycles. The molecule has 3 aromatic rings. The molecular weight excluding hydrogens is 360 g/mol. The Morgan fingerprint density at radius 1 is 1.00 bits per heavy atom.